The maximum absolute atomic E-state index is 11.2. The molecule has 2 N–H and O–H groups in total. The smallest absolute Gasteiger partial charge is 0.315 e. The molecule has 0 aliphatic heterocycles. The van der Waals surface area contributed by atoms with Crippen LogP contribution in [-0.4, -0.2) is 32.2 Å². The van der Waals surface area contributed by atoms with E-state index in [1.54, 1.807) is 0 Å². The number of carbonyl (C=O) groups excluding carboxylic acids is 2. The van der Waals surface area contributed by atoms with E-state index in [9.17, 15) is 9.59 Å². The van der Waals surface area contributed by atoms with Crippen LogP contribution in [0.1, 0.15) is 90.4 Å². The summed E-state index contributed by atoms with van der Waals surface area (Å²) in [6.45, 7) is 3.17. The lowest BCUT2D eigenvalue weighted by atomic mass is 10.0. The average Bonchev–Trinajstić information content (AvgIpc) is 2.64. The van der Waals surface area contributed by atoms with Gasteiger partial charge in [-0.3, -0.25) is 4.79 Å². The molecule has 0 unspecified atom stereocenters. The van der Waals surface area contributed by atoms with E-state index in [1.807, 2.05) is 13.0 Å². The molecule has 5 nitrogen and oxygen atoms in total. The van der Waals surface area contributed by atoms with E-state index in [-0.39, 0.29) is 12.0 Å². The summed E-state index contributed by atoms with van der Waals surface area (Å²) in [5.41, 5.74) is 0. The lowest BCUT2D eigenvalue weighted by Crippen LogP contribution is -2.35. The van der Waals surface area contributed by atoms with Crippen molar-refractivity contribution < 1.29 is 14.3 Å². The molecule has 26 heavy (non-hydrogen) atoms. The molecule has 0 aliphatic rings. The molecule has 0 saturated carbocycles. The molecule has 0 bridgehead atoms. The van der Waals surface area contributed by atoms with Crippen LogP contribution in [0.5, 0.6) is 0 Å². The van der Waals surface area contributed by atoms with Gasteiger partial charge in [-0.1, -0.05) is 69.9 Å². The zero-order chi connectivity index (χ0) is 19.3. The number of esters is 1. The molecular weight excluding hydrogens is 328 g/mol. The number of amides is 2. The van der Waals surface area contributed by atoms with Crippen molar-refractivity contribution in [1.29, 1.82) is 0 Å². The van der Waals surface area contributed by atoms with E-state index in [1.165, 1.54) is 64.9 Å². The van der Waals surface area contributed by atoms with Crippen molar-refractivity contribution in [1.82, 2.24) is 10.6 Å². The summed E-state index contributed by atoms with van der Waals surface area (Å²) in [6, 6.07) is -0.0988. The Morgan fingerprint density at radius 1 is 0.769 bits per heavy atom. The summed E-state index contributed by atoms with van der Waals surface area (Å²) >= 11 is 0. The van der Waals surface area contributed by atoms with E-state index < -0.39 is 0 Å². The minimum Gasteiger partial charge on any atom is -0.469 e. The van der Waals surface area contributed by atoms with Gasteiger partial charge in [-0.05, 0) is 26.2 Å². The number of nitrogens with one attached hydrogen (secondary N) is 2. The molecule has 0 spiro atoms. The van der Waals surface area contributed by atoms with Gasteiger partial charge >= 0.3 is 12.0 Å². The molecular formula is C21H40N2O3. The van der Waals surface area contributed by atoms with Gasteiger partial charge in [-0.2, -0.15) is 0 Å². The second-order valence-corrected chi connectivity index (χ2v) is 6.72. The summed E-state index contributed by atoms with van der Waals surface area (Å²) in [4.78, 5) is 22.1. The Morgan fingerprint density at radius 2 is 1.31 bits per heavy atom. The predicted molar refractivity (Wildman–Crippen MR) is 108 cm³/mol. The predicted octanol–water partition coefficient (Wildman–Crippen LogP) is 5.11. The number of allylic oxidation sites excluding steroid dienone is 1. The highest BCUT2D eigenvalue weighted by molar-refractivity contribution is 5.73. The Kier molecular flexibility index (Phi) is 18.6. The molecule has 0 fully saturated rings. The van der Waals surface area contributed by atoms with Crippen molar-refractivity contribution in [2.24, 2.45) is 0 Å². The van der Waals surface area contributed by atoms with Crippen LogP contribution >= 0.6 is 0 Å². The molecule has 0 aliphatic carbocycles. The van der Waals surface area contributed by atoms with Crippen molar-refractivity contribution in [2.75, 3.05) is 20.2 Å². The molecule has 0 rings (SSSR count). The lowest BCUT2D eigenvalue weighted by molar-refractivity contribution is -0.140. The molecule has 5 heteroatoms. The molecule has 152 valence electrons. The zero-order valence-electron chi connectivity index (χ0n) is 17.0. The van der Waals surface area contributed by atoms with Crippen molar-refractivity contribution in [3.63, 3.8) is 0 Å². The molecule has 0 radical (unpaired) electrons. The van der Waals surface area contributed by atoms with Gasteiger partial charge in [0.15, 0.2) is 0 Å². The van der Waals surface area contributed by atoms with Gasteiger partial charge < -0.3 is 15.4 Å². The van der Waals surface area contributed by atoms with Gasteiger partial charge in [0.05, 0.1) is 7.11 Å². The van der Waals surface area contributed by atoms with Gasteiger partial charge in [0.2, 0.25) is 0 Å². The van der Waals surface area contributed by atoms with Crippen LogP contribution in [0.25, 0.3) is 0 Å². The minimum absolute atomic E-state index is 0.0865. The second-order valence-electron chi connectivity index (χ2n) is 6.72. The fourth-order valence-corrected chi connectivity index (χ4v) is 2.80. The van der Waals surface area contributed by atoms with Gasteiger partial charge in [-0.25, -0.2) is 4.79 Å². The Morgan fingerprint density at radius 3 is 1.85 bits per heavy atom. The van der Waals surface area contributed by atoms with Crippen LogP contribution < -0.4 is 10.6 Å². The highest BCUT2D eigenvalue weighted by atomic mass is 16.5. The number of urea groups is 1. The first-order valence-corrected chi connectivity index (χ1v) is 10.4. The number of carbonyl (C=O) groups is 2. The fraction of sp³-hybridized carbons (Fsp3) is 0.810. The maximum Gasteiger partial charge on any atom is 0.315 e. The van der Waals surface area contributed by atoms with Crippen LogP contribution in [0, 0.1) is 0 Å². The average molecular weight is 369 g/mol. The van der Waals surface area contributed by atoms with E-state index in [2.05, 4.69) is 21.4 Å². The first kappa shape index (κ1) is 24.5. The number of methoxy groups -OCH3 is 1. The first-order chi connectivity index (χ1) is 12.7. The van der Waals surface area contributed by atoms with Crippen LogP contribution in [0.4, 0.5) is 4.79 Å². The highest BCUT2D eigenvalue weighted by Crippen LogP contribution is 2.12. The van der Waals surface area contributed by atoms with Crippen molar-refractivity contribution in [2.45, 2.75) is 90.4 Å². The minimum atomic E-state index is -0.0988. The van der Waals surface area contributed by atoms with E-state index in [0.717, 1.165) is 19.3 Å². The molecule has 0 saturated heterocycles. The lowest BCUT2D eigenvalue weighted by Gasteiger charge is -2.03. The highest BCUT2D eigenvalue weighted by Gasteiger charge is 1.99. The van der Waals surface area contributed by atoms with Crippen LogP contribution in [-0.2, 0) is 9.53 Å². The number of unbranched alkanes of at least 4 members (excludes halogenated alkanes) is 11. The quantitative estimate of drug-likeness (QED) is 0.213. The van der Waals surface area contributed by atoms with Crippen molar-refractivity contribution >= 4 is 12.0 Å². The van der Waals surface area contributed by atoms with Crippen molar-refractivity contribution in [3.8, 4) is 0 Å². The van der Waals surface area contributed by atoms with E-state index in [0.29, 0.717) is 19.5 Å². The van der Waals surface area contributed by atoms with Crippen LogP contribution in [0.15, 0.2) is 12.2 Å². The molecule has 0 aromatic carbocycles. The topological polar surface area (TPSA) is 67.4 Å². The number of ether oxygens (including phenoxy) is 1. The van der Waals surface area contributed by atoms with Gasteiger partial charge in [0.25, 0.3) is 0 Å². The van der Waals surface area contributed by atoms with Crippen molar-refractivity contribution in [3.05, 3.63) is 12.2 Å². The molecule has 2 amide bonds. The summed E-state index contributed by atoms with van der Waals surface area (Å²) in [7, 11) is 1.45. The molecule has 0 aromatic heterocycles. The third-order valence-electron chi connectivity index (χ3n) is 4.36. The molecule has 0 atom stereocenters. The van der Waals surface area contributed by atoms with Gasteiger partial charge in [-0.15, -0.1) is 0 Å². The Labute approximate surface area is 160 Å². The molecule has 0 heterocycles. The summed E-state index contributed by atoms with van der Waals surface area (Å²) in [6.07, 6.45) is 19.7. The van der Waals surface area contributed by atoms with E-state index >= 15 is 0 Å². The first-order valence-electron chi connectivity index (χ1n) is 10.4. The van der Waals surface area contributed by atoms with Crippen LogP contribution in [0.2, 0.25) is 0 Å². The molecule has 0 aromatic rings. The fourth-order valence-electron chi connectivity index (χ4n) is 2.80. The number of hydrogen-bond acceptors (Lipinski definition) is 3. The third-order valence-corrected chi connectivity index (χ3v) is 4.36. The van der Waals surface area contributed by atoms with Gasteiger partial charge in [0, 0.05) is 19.5 Å². The SMILES string of the molecule is CCNC(=O)NC/C=C\CCCCCCCCCCCCCC(=O)OC. The monoisotopic (exact) mass is 368 g/mol. The summed E-state index contributed by atoms with van der Waals surface area (Å²) < 4.78 is 4.63. The number of hydrogen-bond donors (Lipinski definition) is 2. The Hall–Kier alpha value is -1.52. The van der Waals surface area contributed by atoms with E-state index in [4.69, 9.17) is 0 Å². The summed E-state index contributed by atoms with van der Waals surface area (Å²) in [5, 5.41) is 5.48. The van der Waals surface area contributed by atoms with Gasteiger partial charge in [0.1, 0.15) is 0 Å². The maximum atomic E-state index is 11.2. The second kappa shape index (κ2) is 19.8. The summed E-state index contributed by atoms with van der Waals surface area (Å²) in [5.74, 6) is -0.0865. The standard InChI is InChI=1S/C21H40N2O3/c1-3-22-21(25)23-19-17-15-13-11-9-7-5-4-6-8-10-12-14-16-18-20(24)26-2/h15,17H,3-14,16,18-19H2,1-2H3,(H2,22,23,25)/b17-15-. The Balaban J connectivity index is 3.15. The Bertz CT molecular complexity index is 370. The normalized spacial score (nSPS) is 10.8. The number of rotatable bonds is 17. The van der Waals surface area contributed by atoms with Crippen LogP contribution in [0.3, 0.4) is 0 Å². The largest absolute Gasteiger partial charge is 0.469 e. The zero-order valence-corrected chi connectivity index (χ0v) is 17.0. The third kappa shape index (κ3) is 18.8.